The van der Waals surface area contributed by atoms with Crippen molar-refractivity contribution in [3.63, 3.8) is 0 Å². The minimum atomic E-state index is -1.29. The Morgan fingerprint density at radius 2 is 1.68 bits per heavy atom. The minimum Gasteiger partial charge on any atom is -1.00 e. The summed E-state index contributed by atoms with van der Waals surface area (Å²) >= 11 is 0. The van der Waals surface area contributed by atoms with Gasteiger partial charge in [0.05, 0.1) is 27.6 Å². The zero-order valence-electron chi connectivity index (χ0n) is 13.3. The average Bonchev–Trinajstić information content (AvgIpc) is 2.26. The topological polar surface area (TPSA) is 127 Å². The van der Waals surface area contributed by atoms with Crippen molar-refractivity contribution in [3.8, 4) is 0 Å². The molecule has 1 atom stereocenters. The Kier molecular flexibility index (Phi) is 13.8. The number of nitrogens with two attached hydrogens (primary N) is 1. The van der Waals surface area contributed by atoms with Gasteiger partial charge in [-0.15, -0.1) is 0 Å². The van der Waals surface area contributed by atoms with E-state index in [1.807, 2.05) is 0 Å². The van der Waals surface area contributed by atoms with E-state index in [9.17, 15) is 14.4 Å². The third-order valence-electron chi connectivity index (χ3n) is 2.06. The van der Waals surface area contributed by atoms with Gasteiger partial charge in [-0.25, -0.2) is 4.79 Å². The number of hydrogen-bond acceptors (Lipinski definition) is 5. The van der Waals surface area contributed by atoms with Crippen LogP contribution in [-0.2, 0) is 19.1 Å². The minimum absolute atomic E-state index is 0. The number of carboxylic acids is 2. The molecule has 8 nitrogen and oxygen atoms in total. The number of hydrogen-bond donors (Lipinski definition) is 3. The maximum Gasteiger partial charge on any atom is 0.333 e. The van der Waals surface area contributed by atoms with Gasteiger partial charge in [0, 0.05) is 5.57 Å². The molecule has 0 unspecified atom stereocenters. The third kappa shape index (κ3) is 18.4. The number of aliphatic carboxylic acids is 2. The normalized spacial score (nSPS) is 11.1. The van der Waals surface area contributed by atoms with Crippen LogP contribution in [-0.4, -0.2) is 72.9 Å². The van der Waals surface area contributed by atoms with E-state index < -0.39 is 24.4 Å². The number of halogens is 1. The van der Waals surface area contributed by atoms with Gasteiger partial charge in [-0.1, -0.05) is 6.58 Å². The number of nitrogens with zero attached hydrogens (tertiary/aromatic N) is 1. The zero-order chi connectivity index (χ0) is 17.2. The van der Waals surface area contributed by atoms with E-state index in [0.29, 0.717) is 12.2 Å². The summed E-state index contributed by atoms with van der Waals surface area (Å²) in [6.07, 6.45) is -0.532. The predicted octanol–water partition coefficient (Wildman–Crippen LogP) is -3.31. The van der Waals surface area contributed by atoms with E-state index in [2.05, 4.69) is 27.7 Å². The van der Waals surface area contributed by atoms with Gasteiger partial charge in [0.25, 0.3) is 0 Å². The van der Waals surface area contributed by atoms with Crippen LogP contribution in [0.2, 0.25) is 0 Å². The van der Waals surface area contributed by atoms with Crippen molar-refractivity contribution in [2.24, 2.45) is 5.73 Å². The second-order valence-electron chi connectivity index (χ2n) is 5.47. The molecule has 0 aromatic heterocycles. The lowest BCUT2D eigenvalue weighted by Crippen LogP contribution is -3.00. The fourth-order valence-electron chi connectivity index (χ4n) is 0.811. The number of carboxylic acid groups (broad SMARTS) is 2. The van der Waals surface area contributed by atoms with Crippen LogP contribution >= 0.6 is 0 Å². The highest BCUT2D eigenvalue weighted by atomic mass is 35.5. The largest absolute Gasteiger partial charge is 1.00 e. The van der Waals surface area contributed by atoms with Crippen LogP contribution in [0, 0.1) is 0 Å². The Hall–Kier alpha value is -1.64. The molecule has 9 heteroatoms. The summed E-state index contributed by atoms with van der Waals surface area (Å²) in [4.78, 5) is 30.5. The van der Waals surface area contributed by atoms with Gasteiger partial charge in [-0.3, -0.25) is 9.59 Å². The van der Waals surface area contributed by atoms with Gasteiger partial charge in [-0.2, -0.15) is 0 Å². The van der Waals surface area contributed by atoms with Gasteiger partial charge in [0.2, 0.25) is 0 Å². The van der Waals surface area contributed by atoms with Crippen LogP contribution in [0.5, 0.6) is 0 Å². The van der Waals surface area contributed by atoms with E-state index in [-0.39, 0.29) is 18.4 Å². The van der Waals surface area contributed by atoms with Crippen molar-refractivity contribution < 1.29 is 46.2 Å². The first-order valence-electron chi connectivity index (χ1n) is 6.20. The molecular formula is C13H25ClN2O6. The summed E-state index contributed by atoms with van der Waals surface area (Å²) in [5.41, 5.74) is 5.29. The highest BCUT2D eigenvalue weighted by molar-refractivity contribution is 5.86. The predicted molar refractivity (Wildman–Crippen MR) is 76.5 cm³/mol. The number of carbonyl (C=O) groups is 3. The number of carbonyl (C=O) groups excluding carboxylic acids is 1. The molecule has 0 amide bonds. The molecule has 0 bridgehead atoms. The fourth-order valence-corrected chi connectivity index (χ4v) is 0.811. The molecule has 0 saturated heterocycles. The Labute approximate surface area is 136 Å². The molecule has 22 heavy (non-hydrogen) atoms. The maximum absolute atomic E-state index is 10.9. The highest BCUT2D eigenvalue weighted by Crippen LogP contribution is 1.94. The maximum atomic E-state index is 10.9. The quantitative estimate of drug-likeness (QED) is 0.251. The number of likely N-dealkylation sites (N-methyl/N-ethyl adjacent to an activating group) is 1. The molecule has 0 aromatic rings. The molecule has 0 saturated carbocycles. The zero-order valence-corrected chi connectivity index (χ0v) is 14.1. The molecule has 0 spiro atoms. The van der Waals surface area contributed by atoms with Crippen LogP contribution in [0.1, 0.15) is 13.3 Å². The van der Waals surface area contributed by atoms with Gasteiger partial charge in [-0.05, 0) is 6.92 Å². The second-order valence-corrected chi connectivity index (χ2v) is 5.47. The Balaban J connectivity index is -0.000000326. The highest BCUT2D eigenvalue weighted by Gasteiger charge is 2.14. The lowest BCUT2D eigenvalue weighted by molar-refractivity contribution is -0.870. The van der Waals surface area contributed by atoms with Crippen LogP contribution in [0.3, 0.4) is 0 Å². The molecule has 0 aliphatic heterocycles. The van der Waals surface area contributed by atoms with Crippen molar-refractivity contribution in [1.82, 2.24) is 0 Å². The monoisotopic (exact) mass is 340 g/mol. The van der Waals surface area contributed by atoms with Gasteiger partial charge in [0.1, 0.15) is 19.2 Å². The smallest absolute Gasteiger partial charge is 0.333 e. The van der Waals surface area contributed by atoms with Gasteiger partial charge < -0.3 is 37.6 Å². The van der Waals surface area contributed by atoms with E-state index in [1.54, 1.807) is 6.92 Å². The van der Waals surface area contributed by atoms with E-state index in [4.69, 9.17) is 20.7 Å². The molecule has 0 aromatic carbocycles. The Morgan fingerprint density at radius 3 is 1.91 bits per heavy atom. The summed E-state index contributed by atoms with van der Waals surface area (Å²) in [6, 6.07) is -1.29. The first-order valence-corrected chi connectivity index (χ1v) is 6.20. The van der Waals surface area contributed by atoms with Crippen LogP contribution in [0.4, 0.5) is 0 Å². The van der Waals surface area contributed by atoms with Gasteiger partial charge >= 0.3 is 17.9 Å². The van der Waals surface area contributed by atoms with Gasteiger partial charge in [0.15, 0.2) is 0 Å². The summed E-state index contributed by atoms with van der Waals surface area (Å²) in [7, 11) is 6.15. The lowest BCUT2D eigenvalue weighted by atomic mass is 10.2. The Bertz CT molecular complexity index is 392. The molecule has 0 heterocycles. The molecule has 0 fully saturated rings. The molecule has 0 aliphatic carbocycles. The molecule has 4 N–H and O–H groups in total. The van der Waals surface area contributed by atoms with Crippen LogP contribution in [0.25, 0.3) is 0 Å². The van der Waals surface area contributed by atoms with Crippen molar-refractivity contribution in [2.45, 2.75) is 19.4 Å². The van der Waals surface area contributed by atoms with Crippen molar-refractivity contribution in [1.29, 1.82) is 0 Å². The van der Waals surface area contributed by atoms with E-state index >= 15 is 0 Å². The number of quaternary nitrogens is 1. The second kappa shape index (κ2) is 12.0. The lowest BCUT2D eigenvalue weighted by Gasteiger charge is -2.23. The van der Waals surface area contributed by atoms with E-state index in [0.717, 1.165) is 11.0 Å². The average molecular weight is 341 g/mol. The molecule has 0 rings (SSSR count). The number of rotatable bonds is 7. The SMILES string of the molecule is C=C(C)C(=O)OCC[N+](C)(C)C.N[C@@H](CC(=O)O)C(=O)O.[Cl-]. The van der Waals surface area contributed by atoms with Crippen molar-refractivity contribution in [2.75, 3.05) is 34.3 Å². The first kappa shape index (κ1) is 25.3. The molecule has 0 radical (unpaired) electrons. The summed E-state index contributed by atoms with van der Waals surface area (Å²) in [5.74, 6) is -2.80. The van der Waals surface area contributed by atoms with Crippen LogP contribution in [0.15, 0.2) is 12.2 Å². The molecular weight excluding hydrogens is 316 g/mol. The first-order chi connectivity index (χ1) is 9.36. The summed E-state index contributed by atoms with van der Waals surface area (Å²) in [5, 5.41) is 16.0. The summed E-state index contributed by atoms with van der Waals surface area (Å²) in [6.45, 7) is 6.41. The molecule has 130 valence electrons. The number of esters is 1. The Morgan fingerprint density at radius 1 is 1.23 bits per heavy atom. The summed E-state index contributed by atoms with van der Waals surface area (Å²) < 4.78 is 5.72. The van der Waals surface area contributed by atoms with Crippen molar-refractivity contribution in [3.05, 3.63) is 12.2 Å². The molecule has 0 aliphatic rings. The fraction of sp³-hybridized carbons (Fsp3) is 0.615. The standard InChI is InChI=1S/C9H18NO2.C4H7NO4.ClH/c1-8(2)9(11)12-7-6-10(3,4)5;5-2(4(8)9)1-3(6)7;/h1,6-7H2,2-5H3;2H,1,5H2,(H,6,7)(H,8,9);1H/q+1;;/p-1/t;2-;/m.0./s1. The van der Waals surface area contributed by atoms with Crippen molar-refractivity contribution >= 4 is 17.9 Å². The number of ether oxygens (including phenoxy) is 1. The third-order valence-corrected chi connectivity index (χ3v) is 2.06. The van der Waals surface area contributed by atoms with Crippen LogP contribution < -0.4 is 18.1 Å². The van der Waals surface area contributed by atoms with E-state index in [1.165, 1.54) is 0 Å².